The molecule has 0 saturated carbocycles. The fourth-order valence-corrected chi connectivity index (χ4v) is 2.14. The molecule has 2 nitrogen and oxygen atoms in total. The third kappa shape index (κ3) is 2.82. The van der Waals surface area contributed by atoms with Gasteiger partial charge in [-0.15, -0.1) is 0 Å². The minimum Gasteiger partial charge on any atom is -0.486 e. The lowest BCUT2D eigenvalue weighted by Gasteiger charge is -2.17. The van der Waals surface area contributed by atoms with Gasteiger partial charge in [-0.3, -0.25) is 0 Å². The van der Waals surface area contributed by atoms with Gasteiger partial charge in [0.2, 0.25) is 0 Å². The van der Waals surface area contributed by atoms with Crippen LogP contribution in [0.3, 0.4) is 0 Å². The van der Waals surface area contributed by atoms with E-state index in [2.05, 4.69) is 6.58 Å². The molecule has 0 radical (unpaired) electrons. The van der Waals surface area contributed by atoms with Gasteiger partial charge in [0.15, 0.2) is 5.75 Å². The first-order chi connectivity index (χ1) is 9.50. The number of anilines is 1. The Hall–Kier alpha value is -2.29. The second-order valence-electron chi connectivity index (χ2n) is 4.83. The number of halogens is 1. The number of rotatable bonds is 4. The van der Waals surface area contributed by atoms with Crippen molar-refractivity contribution in [1.82, 2.24) is 0 Å². The first-order valence-electron chi connectivity index (χ1n) is 6.42. The maximum atomic E-state index is 13.8. The van der Waals surface area contributed by atoms with Crippen LogP contribution >= 0.6 is 0 Å². The predicted molar refractivity (Wildman–Crippen MR) is 81.0 cm³/mol. The molecule has 0 fully saturated rings. The van der Waals surface area contributed by atoms with Gasteiger partial charge in [-0.1, -0.05) is 36.9 Å². The Bertz CT molecular complexity index is 635. The highest BCUT2D eigenvalue weighted by molar-refractivity contribution is 5.76. The SMILES string of the molecule is C=C(C)c1c(C)c(F)cc(N)c1OCc1ccccc1. The molecular weight excluding hydrogens is 253 g/mol. The maximum absolute atomic E-state index is 13.8. The fraction of sp³-hybridized carbons (Fsp3) is 0.176. The summed E-state index contributed by atoms with van der Waals surface area (Å²) in [6.45, 7) is 7.79. The van der Waals surface area contributed by atoms with Crippen LogP contribution in [0.15, 0.2) is 43.0 Å². The van der Waals surface area contributed by atoms with Crippen molar-refractivity contribution < 1.29 is 9.13 Å². The number of nitrogens with two attached hydrogens (primary N) is 1. The molecule has 3 heteroatoms. The Morgan fingerprint density at radius 3 is 2.55 bits per heavy atom. The van der Waals surface area contributed by atoms with Crippen LogP contribution in [0.5, 0.6) is 5.75 Å². The van der Waals surface area contributed by atoms with Gasteiger partial charge in [0, 0.05) is 11.6 Å². The smallest absolute Gasteiger partial charge is 0.150 e. The molecule has 0 aromatic heterocycles. The standard InChI is InChI=1S/C17H18FNO/c1-11(2)16-12(3)14(18)9-15(19)17(16)20-10-13-7-5-4-6-8-13/h4-9H,1,10,19H2,2-3H3. The fourth-order valence-electron chi connectivity index (χ4n) is 2.14. The molecule has 0 heterocycles. The molecule has 0 aliphatic rings. The van der Waals surface area contributed by atoms with Gasteiger partial charge in [-0.2, -0.15) is 0 Å². The molecule has 20 heavy (non-hydrogen) atoms. The van der Waals surface area contributed by atoms with Crippen molar-refractivity contribution in [3.8, 4) is 5.75 Å². The number of allylic oxidation sites excluding steroid dienone is 1. The lowest BCUT2D eigenvalue weighted by atomic mass is 10.00. The third-order valence-corrected chi connectivity index (χ3v) is 3.16. The number of ether oxygens (including phenoxy) is 1. The van der Waals surface area contributed by atoms with E-state index < -0.39 is 0 Å². The summed E-state index contributed by atoms with van der Waals surface area (Å²) in [7, 11) is 0. The summed E-state index contributed by atoms with van der Waals surface area (Å²) < 4.78 is 19.6. The summed E-state index contributed by atoms with van der Waals surface area (Å²) in [5.74, 6) is 0.160. The van der Waals surface area contributed by atoms with E-state index in [0.29, 0.717) is 29.2 Å². The van der Waals surface area contributed by atoms with Gasteiger partial charge in [-0.05, 0) is 30.5 Å². The van der Waals surface area contributed by atoms with Crippen LogP contribution in [0.4, 0.5) is 10.1 Å². The zero-order valence-corrected chi connectivity index (χ0v) is 11.7. The summed E-state index contributed by atoms with van der Waals surface area (Å²) >= 11 is 0. The quantitative estimate of drug-likeness (QED) is 0.840. The minimum atomic E-state index is -0.340. The van der Waals surface area contributed by atoms with Crippen LogP contribution in [-0.2, 0) is 6.61 Å². The van der Waals surface area contributed by atoms with E-state index in [4.69, 9.17) is 10.5 Å². The van der Waals surface area contributed by atoms with Crippen molar-refractivity contribution >= 4 is 11.3 Å². The van der Waals surface area contributed by atoms with Crippen LogP contribution in [0, 0.1) is 12.7 Å². The average molecular weight is 271 g/mol. The van der Waals surface area contributed by atoms with E-state index in [1.165, 1.54) is 6.07 Å². The van der Waals surface area contributed by atoms with E-state index in [1.807, 2.05) is 37.3 Å². The van der Waals surface area contributed by atoms with E-state index in [9.17, 15) is 4.39 Å². The van der Waals surface area contributed by atoms with Crippen molar-refractivity contribution in [3.63, 3.8) is 0 Å². The van der Waals surface area contributed by atoms with Crippen LogP contribution < -0.4 is 10.5 Å². The zero-order chi connectivity index (χ0) is 14.7. The van der Waals surface area contributed by atoms with Gasteiger partial charge in [-0.25, -0.2) is 4.39 Å². The van der Waals surface area contributed by atoms with E-state index >= 15 is 0 Å². The molecule has 0 unspecified atom stereocenters. The van der Waals surface area contributed by atoms with Crippen LogP contribution in [0.25, 0.3) is 5.57 Å². The van der Waals surface area contributed by atoms with Gasteiger partial charge < -0.3 is 10.5 Å². The number of hydrogen-bond acceptors (Lipinski definition) is 2. The molecule has 0 aliphatic heterocycles. The van der Waals surface area contributed by atoms with E-state index in [-0.39, 0.29) is 5.82 Å². The lowest BCUT2D eigenvalue weighted by Crippen LogP contribution is -2.04. The van der Waals surface area contributed by atoms with Gasteiger partial charge in [0.05, 0.1) is 5.69 Å². The van der Waals surface area contributed by atoms with Crippen molar-refractivity contribution in [2.45, 2.75) is 20.5 Å². The topological polar surface area (TPSA) is 35.2 Å². The maximum Gasteiger partial charge on any atom is 0.150 e. The molecule has 104 valence electrons. The number of hydrogen-bond donors (Lipinski definition) is 1. The average Bonchev–Trinajstić information content (AvgIpc) is 2.42. The Kier molecular flexibility index (Phi) is 4.08. The van der Waals surface area contributed by atoms with Crippen LogP contribution in [0.1, 0.15) is 23.6 Å². The van der Waals surface area contributed by atoms with Crippen molar-refractivity contribution in [3.05, 3.63) is 65.5 Å². The van der Waals surface area contributed by atoms with Crippen LogP contribution in [0.2, 0.25) is 0 Å². The summed E-state index contributed by atoms with van der Waals surface area (Å²) in [4.78, 5) is 0. The Labute approximate surface area is 118 Å². The van der Waals surface area contributed by atoms with Gasteiger partial charge >= 0.3 is 0 Å². The Morgan fingerprint density at radius 1 is 1.30 bits per heavy atom. The highest BCUT2D eigenvalue weighted by atomic mass is 19.1. The molecule has 2 rings (SSSR count). The largest absolute Gasteiger partial charge is 0.486 e. The van der Waals surface area contributed by atoms with Crippen molar-refractivity contribution in [2.24, 2.45) is 0 Å². The molecule has 2 aromatic rings. The van der Waals surface area contributed by atoms with E-state index in [0.717, 1.165) is 11.1 Å². The first kappa shape index (κ1) is 14.1. The van der Waals surface area contributed by atoms with Gasteiger partial charge in [0.1, 0.15) is 12.4 Å². The summed E-state index contributed by atoms with van der Waals surface area (Å²) in [6, 6.07) is 11.1. The molecule has 0 saturated heterocycles. The molecule has 0 spiro atoms. The number of benzene rings is 2. The Morgan fingerprint density at radius 2 is 1.95 bits per heavy atom. The van der Waals surface area contributed by atoms with Crippen molar-refractivity contribution in [1.29, 1.82) is 0 Å². The second-order valence-corrected chi connectivity index (χ2v) is 4.83. The summed E-state index contributed by atoms with van der Waals surface area (Å²) in [5, 5.41) is 0. The summed E-state index contributed by atoms with van der Waals surface area (Å²) in [5.41, 5.74) is 9.10. The molecule has 0 aliphatic carbocycles. The molecular formula is C17H18FNO. The van der Waals surface area contributed by atoms with Gasteiger partial charge in [0.25, 0.3) is 0 Å². The second kappa shape index (κ2) is 5.78. The monoisotopic (exact) mass is 271 g/mol. The third-order valence-electron chi connectivity index (χ3n) is 3.16. The summed E-state index contributed by atoms with van der Waals surface area (Å²) in [6.07, 6.45) is 0. The molecule has 0 atom stereocenters. The van der Waals surface area contributed by atoms with E-state index in [1.54, 1.807) is 6.92 Å². The number of nitrogen functional groups attached to an aromatic ring is 1. The minimum absolute atomic E-state index is 0.294. The normalized spacial score (nSPS) is 10.3. The zero-order valence-electron chi connectivity index (χ0n) is 11.7. The molecule has 0 amide bonds. The molecule has 2 N–H and O–H groups in total. The predicted octanol–water partition coefficient (Wildman–Crippen LogP) is 4.33. The highest BCUT2D eigenvalue weighted by Gasteiger charge is 2.16. The Balaban J connectivity index is 2.36. The van der Waals surface area contributed by atoms with Crippen molar-refractivity contribution in [2.75, 3.05) is 5.73 Å². The highest BCUT2D eigenvalue weighted by Crippen LogP contribution is 2.36. The first-order valence-corrected chi connectivity index (χ1v) is 6.42. The van der Waals surface area contributed by atoms with Crippen LogP contribution in [-0.4, -0.2) is 0 Å². The molecule has 2 aromatic carbocycles. The lowest BCUT2D eigenvalue weighted by molar-refractivity contribution is 0.306. The molecule has 0 bridgehead atoms.